The summed E-state index contributed by atoms with van der Waals surface area (Å²) in [5, 5.41) is 2.78. The van der Waals surface area contributed by atoms with Gasteiger partial charge in [-0.3, -0.25) is 9.59 Å². The van der Waals surface area contributed by atoms with E-state index in [1.54, 1.807) is 30.3 Å². The number of carbonyl (C=O) groups is 3. The molecule has 0 aromatic heterocycles. The lowest BCUT2D eigenvalue weighted by atomic mass is 10.0. The van der Waals surface area contributed by atoms with Crippen LogP contribution in [-0.2, 0) is 16.1 Å². The highest BCUT2D eigenvalue weighted by atomic mass is 16.5. The molecule has 5 nitrogen and oxygen atoms in total. The van der Waals surface area contributed by atoms with Gasteiger partial charge in [0.05, 0.1) is 12.7 Å². The Morgan fingerprint density at radius 3 is 2.15 bits per heavy atom. The van der Waals surface area contributed by atoms with Crippen LogP contribution in [0.4, 0.5) is 0 Å². The number of aryl methyl sites for hydroxylation is 2. The molecule has 0 atom stereocenters. The Balaban J connectivity index is 1.80. The molecule has 0 radical (unpaired) electrons. The predicted octanol–water partition coefficient (Wildman–Crippen LogP) is 3.37. The van der Waals surface area contributed by atoms with Gasteiger partial charge >= 0.3 is 5.97 Å². The van der Waals surface area contributed by atoms with Crippen molar-refractivity contribution >= 4 is 17.7 Å². The second kappa shape index (κ2) is 8.94. The van der Waals surface area contributed by atoms with Crippen molar-refractivity contribution in [3.05, 3.63) is 70.3 Å². The summed E-state index contributed by atoms with van der Waals surface area (Å²) in [7, 11) is 1.33. The van der Waals surface area contributed by atoms with Gasteiger partial charge in [0.1, 0.15) is 0 Å². The topological polar surface area (TPSA) is 72.5 Å². The number of benzene rings is 2. The Hall–Kier alpha value is -2.95. The van der Waals surface area contributed by atoms with E-state index in [1.807, 2.05) is 26.0 Å². The van der Waals surface area contributed by atoms with Crippen LogP contribution in [0, 0.1) is 13.8 Å². The van der Waals surface area contributed by atoms with Gasteiger partial charge in [-0.25, -0.2) is 4.79 Å². The number of hydrogen-bond acceptors (Lipinski definition) is 4. The van der Waals surface area contributed by atoms with Crippen LogP contribution >= 0.6 is 0 Å². The molecule has 0 fully saturated rings. The van der Waals surface area contributed by atoms with Crippen LogP contribution in [-0.4, -0.2) is 24.8 Å². The van der Waals surface area contributed by atoms with Crippen molar-refractivity contribution in [2.75, 3.05) is 7.11 Å². The standard InChI is InChI=1S/C21H23NO4/c1-14-4-7-18(12-15(14)2)19(23)10-11-20(24)22-13-16-5-8-17(9-6-16)21(25)26-3/h4-9,12H,10-11,13H2,1-3H3,(H,22,24). The number of ketones is 1. The van der Waals surface area contributed by atoms with E-state index in [4.69, 9.17) is 0 Å². The zero-order valence-electron chi connectivity index (χ0n) is 15.3. The first-order chi connectivity index (χ1) is 12.4. The molecule has 0 saturated heterocycles. The molecule has 0 aliphatic carbocycles. The minimum Gasteiger partial charge on any atom is -0.465 e. The molecule has 0 heterocycles. The Kier molecular flexibility index (Phi) is 6.67. The maximum atomic E-state index is 12.2. The summed E-state index contributed by atoms with van der Waals surface area (Å²) in [4.78, 5) is 35.5. The molecule has 0 spiro atoms. The highest BCUT2D eigenvalue weighted by Gasteiger charge is 2.10. The molecule has 0 aliphatic rings. The largest absolute Gasteiger partial charge is 0.465 e. The van der Waals surface area contributed by atoms with Gasteiger partial charge in [-0.15, -0.1) is 0 Å². The van der Waals surface area contributed by atoms with Crippen LogP contribution in [0.25, 0.3) is 0 Å². The fourth-order valence-corrected chi connectivity index (χ4v) is 2.45. The van der Waals surface area contributed by atoms with E-state index in [1.165, 1.54) is 7.11 Å². The zero-order valence-corrected chi connectivity index (χ0v) is 15.3. The van der Waals surface area contributed by atoms with Gasteiger partial charge in [-0.1, -0.05) is 24.3 Å². The minimum atomic E-state index is -0.398. The Labute approximate surface area is 153 Å². The van der Waals surface area contributed by atoms with Crippen LogP contribution in [0.1, 0.15) is 50.2 Å². The maximum absolute atomic E-state index is 12.2. The maximum Gasteiger partial charge on any atom is 0.337 e. The SMILES string of the molecule is COC(=O)c1ccc(CNC(=O)CCC(=O)c2ccc(C)c(C)c2)cc1. The van der Waals surface area contributed by atoms with E-state index in [2.05, 4.69) is 10.1 Å². The third kappa shape index (κ3) is 5.28. The molecule has 0 aliphatic heterocycles. The summed E-state index contributed by atoms with van der Waals surface area (Å²) < 4.78 is 4.64. The average Bonchev–Trinajstić information content (AvgIpc) is 2.66. The second-order valence-corrected chi connectivity index (χ2v) is 6.19. The highest BCUT2D eigenvalue weighted by Crippen LogP contribution is 2.12. The third-order valence-corrected chi connectivity index (χ3v) is 4.27. The molecule has 1 amide bonds. The molecule has 2 aromatic rings. The number of carbonyl (C=O) groups excluding carboxylic acids is 3. The fourth-order valence-electron chi connectivity index (χ4n) is 2.45. The smallest absolute Gasteiger partial charge is 0.337 e. The van der Waals surface area contributed by atoms with E-state index in [-0.39, 0.29) is 24.5 Å². The van der Waals surface area contributed by atoms with Crippen molar-refractivity contribution in [3.8, 4) is 0 Å². The quantitative estimate of drug-likeness (QED) is 0.612. The number of methoxy groups -OCH3 is 1. The van der Waals surface area contributed by atoms with Gasteiger partial charge in [-0.2, -0.15) is 0 Å². The van der Waals surface area contributed by atoms with Crippen molar-refractivity contribution < 1.29 is 19.1 Å². The molecule has 5 heteroatoms. The van der Waals surface area contributed by atoms with Crippen LogP contribution in [0.3, 0.4) is 0 Å². The third-order valence-electron chi connectivity index (χ3n) is 4.27. The number of amides is 1. The molecule has 0 saturated carbocycles. The first-order valence-electron chi connectivity index (χ1n) is 8.45. The van der Waals surface area contributed by atoms with E-state index in [0.29, 0.717) is 17.7 Å². The summed E-state index contributed by atoms with van der Waals surface area (Å²) in [6.07, 6.45) is 0.321. The first-order valence-corrected chi connectivity index (χ1v) is 8.45. The molecular weight excluding hydrogens is 330 g/mol. The van der Waals surface area contributed by atoms with Gasteiger partial charge in [0, 0.05) is 24.9 Å². The zero-order chi connectivity index (χ0) is 19.1. The number of Topliss-reactive ketones (excluding diaryl/α,β-unsaturated/α-hetero) is 1. The number of nitrogens with one attached hydrogen (secondary N) is 1. The number of rotatable bonds is 7. The normalized spacial score (nSPS) is 10.3. The van der Waals surface area contributed by atoms with Crippen LogP contribution in [0.5, 0.6) is 0 Å². The van der Waals surface area contributed by atoms with Gasteiger partial charge in [0.2, 0.25) is 5.91 Å². The van der Waals surface area contributed by atoms with Crippen molar-refractivity contribution in [1.29, 1.82) is 0 Å². The molecular formula is C21H23NO4. The second-order valence-electron chi connectivity index (χ2n) is 6.19. The Morgan fingerprint density at radius 1 is 0.885 bits per heavy atom. The monoisotopic (exact) mass is 353 g/mol. The molecule has 2 rings (SSSR count). The van der Waals surface area contributed by atoms with Crippen molar-refractivity contribution in [2.24, 2.45) is 0 Å². The predicted molar refractivity (Wildman–Crippen MR) is 99.1 cm³/mol. The van der Waals surface area contributed by atoms with E-state index in [0.717, 1.165) is 16.7 Å². The Morgan fingerprint density at radius 2 is 1.54 bits per heavy atom. The molecule has 2 aromatic carbocycles. The van der Waals surface area contributed by atoms with Crippen LogP contribution in [0.15, 0.2) is 42.5 Å². The van der Waals surface area contributed by atoms with Gasteiger partial charge in [-0.05, 0) is 48.7 Å². The van der Waals surface area contributed by atoms with Crippen molar-refractivity contribution in [2.45, 2.75) is 33.2 Å². The van der Waals surface area contributed by atoms with Crippen LogP contribution in [0.2, 0.25) is 0 Å². The number of ether oxygens (including phenoxy) is 1. The lowest BCUT2D eigenvalue weighted by molar-refractivity contribution is -0.121. The summed E-state index contributed by atoms with van der Waals surface area (Å²) >= 11 is 0. The van der Waals surface area contributed by atoms with Gasteiger partial charge in [0.15, 0.2) is 5.78 Å². The molecule has 26 heavy (non-hydrogen) atoms. The lowest BCUT2D eigenvalue weighted by Gasteiger charge is -2.07. The molecule has 0 unspecified atom stereocenters. The summed E-state index contributed by atoms with van der Waals surface area (Å²) in [5.41, 5.74) is 4.17. The number of esters is 1. The fraction of sp³-hybridized carbons (Fsp3) is 0.286. The lowest BCUT2D eigenvalue weighted by Crippen LogP contribution is -2.23. The molecule has 0 bridgehead atoms. The number of hydrogen-bond donors (Lipinski definition) is 1. The van der Waals surface area contributed by atoms with Crippen molar-refractivity contribution in [3.63, 3.8) is 0 Å². The van der Waals surface area contributed by atoms with Gasteiger partial charge in [0.25, 0.3) is 0 Å². The van der Waals surface area contributed by atoms with Gasteiger partial charge < -0.3 is 10.1 Å². The Bertz CT molecular complexity index is 809. The first kappa shape index (κ1) is 19.4. The molecule has 136 valence electrons. The molecule has 1 N–H and O–H groups in total. The summed E-state index contributed by atoms with van der Waals surface area (Å²) in [6, 6.07) is 12.4. The minimum absolute atomic E-state index is 0.0364. The summed E-state index contributed by atoms with van der Waals surface area (Å²) in [6.45, 7) is 4.30. The van der Waals surface area contributed by atoms with E-state index < -0.39 is 5.97 Å². The van der Waals surface area contributed by atoms with E-state index >= 15 is 0 Å². The highest BCUT2D eigenvalue weighted by molar-refractivity contribution is 5.98. The van der Waals surface area contributed by atoms with E-state index in [9.17, 15) is 14.4 Å². The van der Waals surface area contributed by atoms with Crippen LogP contribution < -0.4 is 5.32 Å². The van der Waals surface area contributed by atoms with Crippen molar-refractivity contribution in [1.82, 2.24) is 5.32 Å². The summed E-state index contributed by atoms with van der Waals surface area (Å²) in [5.74, 6) is -0.615. The average molecular weight is 353 g/mol.